The second kappa shape index (κ2) is 6.26. The lowest BCUT2D eigenvalue weighted by atomic mass is 10.1. The van der Waals surface area contributed by atoms with E-state index >= 15 is 0 Å². The van der Waals surface area contributed by atoms with Crippen LogP contribution in [-0.2, 0) is 16.1 Å². The molecule has 2 amide bonds. The summed E-state index contributed by atoms with van der Waals surface area (Å²) in [6.07, 6.45) is 0.342. The van der Waals surface area contributed by atoms with E-state index in [1.54, 1.807) is 28.2 Å². The molecule has 0 saturated carbocycles. The molecule has 1 atom stereocenters. The van der Waals surface area contributed by atoms with Gasteiger partial charge >= 0.3 is 0 Å². The molecule has 4 nitrogen and oxygen atoms in total. The van der Waals surface area contributed by atoms with E-state index in [0.29, 0.717) is 19.5 Å². The minimum absolute atomic E-state index is 0.0591. The summed E-state index contributed by atoms with van der Waals surface area (Å²) in [4.78, 5) is 27.8. The lowest BCUT2D eigenvalue weighted by molar-refractivity contribution is -0.135. The van der Waals surface area contributed by atoms with Crippen LogP contribution in [0, 0.1) is 5.92 Å². The zero-order valence-electron chi connectivity index (χ0n) is 11.9. The van der Waals surface area contributed by atoms with Gasteiger partial charge in [0, 0.05) is 32.6 Å². The van der Waals surface area contributed by atoms with Crippen LogP contribution in [-0.4, -0.2) is 41.2 Å². The Hall–Kier alpha value is -0.880. The Balaban J connectivity index is 1.96. The molecule has 1 aromatic rings. The van der Waals surface area contributed by atoms with Crippen molar-refractivity contribution in [1.29, 1.82) is 0 Å². The number of hydrogen-bond acceptors (Lipinski definition) is 3. The minimum atomic E-state index is -0.197. The van der Waals surface area contributed by atoms with Crippen molar-refractivity contribution < 1.29 is 9.59 Å². The van der Waals surface area contributed by atoms with Crippen LogP contribution in [0.25, 0.3) is 0 Å². The Kier molecular flexibility index (Phi) is 4.86. The van der Waals surface area contributed by atoms with Gasteiger partial charge in [-0.15, -0.1) is 11.3 Å². The Labute approximate surface area is 131 Å². The summed E-state index contributed by atoms with van der Waals surface area (Å²) in [5, 5.41) is 2.04. The first kappa shape index (κ1) is 15.5. The maximum atomic E-state index is 12.4. The number of rotatable bonds is 4. The van der Waals surface area contributed by atoms with Crippen LogP contribution in [0.5, 0.6) is 0 Å². The average molecular weight is 359 g/mol. The maximum absolute atomic E-state index is 12.4. The number of nitrogens with zero attached hydrogens (tertiary/aromatic N) is 2. The molecule has 2 heterocycles. The SMILES string of the molecule is CC(C)N1CC(C(=O)N(C)Cc2csc(Br)c2)CC1=O. The van der Waals surface area contributed by atoms with E-state index in [1.807, 2.05) is 25.3 Å². The Bertz CT molecular complexity index is 515. The number of carbonyl (C=O) groups excluding carboxylic acids is 2. The van der Waals surface area contributed by atoms with Crippen LogP contribution >= 0.6 is 27.3 Å². The predicted octanol–water partition coefficient (Wildman–Crippen LogP) is 2.73. The van der Waals surface area contributed by atoms with Gasteiger partial charge in [0.15, 0.2) is 0 Å². The first-order valence-electron chi connectivity index (χ1n) is 6.66. The van der Waals surface area contributed by atoms with Gasteiger partial charge in [0.1, 0.15) is 0 Å². The summed E-state index contributed by atoms with van der Waals surface area (Å²) in [6, 6.07) is 2.19. The molecule has 0 aliphatic carbocycles. The number of amides is 2. The molecule has 110 valence electrons. The lowest BCUT2D eigenvalue weighted by Crippen LogP contribution is -2.36. The molecule has 0 N–H and O–H groups in total. The van der Waals surface area contributed by atoms with Crippen molar-refractivity contribution in [2.75, 3.05) is 13.6 Å². The fourth-order valence-electron chi connectivity index (χ4n) is 2.49. The lowest BCUT2D eigenvalue weighted by Gasteiger charge is -2.23. The molecular formula is C14H19BrN2O2S. The quantitative estimate of drug-likeness (QED) is 0.830. The number of carbonyl (C=O) groups is 2. The highest BCUT2D eigenvalue weighted by Crippen LogP contribution is 2.24. The summed E-state index contributed by atoms with van der Waals surface area (Å²) < 4.78 is 1.07. The summed E-state index contributed by atoms with van der Waals surface area (Å²) in [7, 11) is 1.80. The van der Waals surface area contributed by atoms with Gasteiger partial charge in [0.2, 0.25) is 11.8 Å². The number of halogens is 1. The summed E-state index contributed by atoms with van der Waals surface area (Å²) in [5.41, 5.74) is 1.11. The van der Waals surface area contributed by atoms with E-state index < -0.39 is 0 Å². The average Bonchev–Trinajstić information content (AvgIpc) is 2.94. The van der Waals surface area contributed by atoms with Crippen molar-refractivity contribution in [3.05, 3.63) is 20.8 Å². The van der Waals surface area contributed by atoms with Crippen molar-refractivity contribution in [2.24, 2.45) is 5.92 Å². The molecule has 0 spiro atoms. The largest absolute Gasteiger partial charge is 0.341 e. The van der Waals surface area contributed by atoms with Crippen molar-refractivity contribution in [2.45, 2.75) is 32.9 Å². The van der Waals surface area contributed by atoms with Crippen LogP contribution in [0.3, 0.4) is 0 Å². The van der Waals surface area contributed by atoms with Gasteiger partial charge in [-0.25, -0.2) is 0 Å². The Morgan fingerprint density at radius 1 is 1.60 bits per heavy atom. The molecule has 0 radical (unpaired) electrons. The first-order valence-corrected chi connectivity index (χ1v) is 8.33. The van der Waals surface area contributed by atoms with E-state index in [0.717, 1.165) is 9.35 Å². The van der Waals surface area contributed by atoms with E-state index in [2.05, 4.69) is 15.9 Å². The highest BCUT2D eigenvalue weighted by molar-refractivity contribution is 9.11. The van der Waals surface area contributed by atoms with E-state index in [-0.39, 0.29) is 23.8 Å². The van der Waals surface area contributed by atoms with Gasteiger partial charge in [-0.2, -0.15) is 0 Å². The third-order valence-corrected chi connectivity index (χ3v) is 5.10. The zero-order valence-corrected chi connectivity index (χ0v) is 14.3. The molecule has 1 saturated heterocycles. The van der Waals surface area contributed by atoms with Crippen LogP contribution in [0.4, 0.5) is 0 Å². The third kappa shape index (κ3) is 3.41. The molecule has 1 aliphatic rings. The molecule has 0 bridgehead atoms. The van der Waals surface area contributed by atoms with Crippen molar-refractivity contribution >= 4 is 39.1 Å². The Morgan fingerprint density at radius 3 is 2.80 bits per heavy atom. The molecule has 1 aromatic heterocycles. The fourth-order valence-corrected chi connectivity index (χ4v) is 3.69. The van der Waals surface area contributed by atoms with E-state index in [9.17, 15) is 9.59 Å². The first-order chi connectivity index (χ1) is 9.38. The van der Waals surface area contributed by atoms with Crippen molar-refractivity contribution in [3.63, 3.8) is 0 Å². The van der Waals surface area contributed by atoms with Gasteiger partial charge in [-0.05, 0) is 46.8 Å². The number of thiophene rings is 1. The van der Waals surface area contributed by atoms with Gasteiger partial charge in [0.25, 0.3) is 0 Å². The zero-order chi connectivity index (χ0) is 14.9. The second-order valence-electron chi connectivity index (χ2n) is 5.49. The predicted molar refractivity (Wildman–Crippen MR) is 83.4 cm³/mol. The van der Waals surface area contributed by atoms with Gasteiger partial charge < -0.3 is 9.80 Å². The van der Waals surface area contributed by atoms with Gasteiger partial charge in [0.05, 0.1) is 9.70 Å². The molecule has 0 aromatic carbocycles. The number of likely N-dealkylation sites (tertiary alicyclic amines) is 1. The van der Waals surface area contributed by atoms with Crippen LogP contribution < -0.4 is 0 Å². The van der Waals surface area contributed by atoms with Crippen LogP contribution in [0.15, 0.2) is 15.2 Å². The van der Waals surface area contributed by atoms with Gasteiger partial charge in [-0.1, -0.05) is 0 Å². The molecule has 6 heteroatoms. The van der Waals surface area contributed by atoms with Crippen LogP contribution in [0.1, 0.15) is 25.8 Å². The fraction of sp³-hybridized carbons (Fsp3) is 0.571. The normalized spacial score (nSPS) is 18.9. The molecule has 1 fully saturated rings. The number of hydrogen-bond donors (Lipinski definition) is 0. The molecular weight excluding hydrogens is 340 g/mol. The molecule has 1 aliphatic heterocycles. The van der Waals surface area contributed by atoms with Gasteiger partial charge in [-0.3, -0.25) is 9.59 Å². The summed E-state index contributed by atoms with van der Waals surface area (Å²) in [6.45, 7) is 5.11. The maximum Gasteiger partial charge on any atom is 0.228 e. The van der Waals surface area contributed by atoms with Crippen molar-refractivity contribution in [3.8, 4) is 0 Å². The minimum Gasteiger partial charge on any atom is -0.341 e. The topological polar surface area (TPSA) is 40.6 Å². The molecule has 2 rings (SSSR count). The highest BCUT2D eigenvalue weighted by atomic mass is 79.9. The van der Waals surface area contributed by atoms with Crippen LogP contribution in [0.2, 0.25) is 0 Å². The standard InChI is InChI=1S/C14H19BrN2O2S/c1-9(2)17-7-11(5-13(17)18)14(19)16(3)6-10-4-12(15)20-8-10/h4,8-9,11H,5-7H2,1-3H3. The molecule has 1 unspecified atom stereocenters. The van der Waals surface area contributed by atoms with Crippen molar-refractivity contribution in [1.82, 2.24) is 9.80 Å². The molecule has 20 heavy (non-hydrogen) atoms. The van der Waals surface area contributed by atoms with E-state index in [1.165, 1.54) is 0 Å². The smallest absolute Gasteiger partial charge is 0.228 e. The third-order valence-electron chi connectivity index (χ3n) is 3.55. The summed E-state index contributed by atoms with van der Waals surface area (Å²) >= 11 is 5.03. The highest BCUT2D eigenvalue weighted by Gasteiger charge is 2.36. The monoisotopic (exact) mass is 358 g/mol. The second-order valence-corrected chi connectivity index (χ2v) is 7.78. The van der Waals surface area contributed by atoms with E-state index in [4.69, 9.17) is 0 Å². The summed E-state index contributed by atoms with van der Waals surface area (Å²) in [5.74, 6) is -0.0502. The Morgan fingerprint density at radius 2 is 2.30 bits per heavy atom.